The molecular weight excluding hydrogens is 469 g/mol. The highest BCUT2D eigenvalue weighted by molar-refractivity contribution is 8.18. The van der Waals surface area contributed by atoms with Crippen LogP contribution in [0.1, 0.15) is 23.1 Å². The summed E-state index contributed by atoms with van der Waals surface area (Å²) in [4.78, 5) is 18.5. The van der Waals surface area contributed by atoms with Gasteiger partial charge in [0, 0.05) is 6.54 Å². The summed E-state index contributed by atoms with van der Waals surface area (Å²) in [6.07, 6.45) is -2.35. The first-order valence-corrected chi connectivity index (χ1v) is 10.9. The minimum Gasteiger partial charge on any atom is -0.504 e. The van der Waals surface area contributed by atoms with Gasteiger partial charge in [0.15, 0.2) is 16.7 Å². The van der Waals surface area contributed by atoms with Crippen LogP contribution in [0.2, 0.25) is 0 Å². The zero-order valence-corrected chi connectivity index (χ0v) is 19.1. The Hall–Kier alpha value is -3.49. The third-order valence-corrected chi connectivity index (χ3v) is 5.53. The fraction of sp³-hybridized carbons (Fsp3) is 0.261. The summed E-state index contributed by atoms with van der Waals surface area (Å²) in [5.74, 6) is -1.59. The summed E-state index contributed by atoms with van der Waals surface area (Å²) in [6.45, 7) is 1.55. The molecular formula is C23H21F3N4O3S. The van der Waals surface area contributed by atoms with Gasteiger partial charge in [-0.3, -0.25) is 4.79 Å². The van der Waals surface area contributed by atoms with Gasteiger partial charge in [-0.1, -0.05) is 6.07 Å². The van der Waals surface area contributed by atoms with E-state index in [2.05, 4.69) is 10.3 Å². The first-order chi connectivity index (χ1) is 16.1. The number of nitriles is 1. The van der Waals surface area contributed by atoms with Crippen molar-refractivity contribution in [3.05, 3.63) is 58.0 Å². The second kappa shape index (κ2) is 10.6. The molecule has 11 heteroatoms. The summed E-state index contributed by atoms with van der Waals surface area (Å²) in [5.41, 5.74) is -0.855. The van der Waals surface area contributed by atoms with Crippen molar-refractivity contribution < 1.29 is 27.8 Å². The number of phenols is 1. The molecule has 0 radical (unpaired) electrons. The van der Waals surface area contributed by atoms with Crippen LogP contribution in [0, 0.1) is 11.3 Å². The highest BCUT2D eigenvalue weighted by Gasteiger charge is 2.35. The smallest absolute Gasteiger partial charge is 0.420 e. The molecule has 0 saturated heterocycles. The molecule has 2 N–H and O–H groups in total. The highest BCUT2D eigenvalue weighted by atomic mass is 32.2. The first kappa shape index (κ1) is 25.1. The van der Waals surface area contributed by atoms with Crippen molar-refractivity contribution in [3.8, 4) is 23.3 Å². The van der Waals surface area contributed by atoms with E-state index in [1.807, 2.05) is 19.0 Å². The largest absolute Gasteiger partial charge is 0.504 e. The molecule has 0 aliphatic carbocycles. The monoisotopic (exact) mass is 490 g/mol. The van der Waals surface area contributed by atoms with Crippen LogP contribution >= 0.6 is 11.8 Å². The first-order valence-electron chi connectivity index (χ1n) is 10.1. The summed E-state index contributed by atoms with van der Waals surface area (Å²) in [6, 6.07) is 8.61. The van der Waals surface area contributed by atoms with E-state index in [0.29, 0.717) is 28.2 Å². The molecule has 1 aliphatic heterocycles. The van der Waals surface area contributed by atoms with Crippen LogP contribution < -0.4 is 10.1 Å². The number of hydrogen-bond donors (Lipinski definition) is 2. The molecule has 178 valence electrons. The number of ether oxygens (including phenoxy) is 1. The van der Waals surface area contributed by atoms with Crippen molar-refractivity contribution in [2.75, 3.05) is 27.2 Å². The molecule has 0 aromatic heterocycles. The number of halogens is 3. The van der Waals surface area contributed by atoms with Gasteiger partial charge in [-0.2, -0.15) is 23.4 Å². The Bertz CT molecular complexity index is 1190. The number of phenolic OH excluding ortho intramolecular Hbond substituents is 1. The standard InChI is InChI=1S/C23H21F3N4O3S/c1-30(2)9-3-8-28-22-29-21(32)20(34-22)12-14-4-7-19(17(31)11-14)33-18-6-5-15(13-27)10-16(18)23(24,25)26/h4-7,10-12,31H,3,8-9H2,1-2H3,(H,28,29,32)/b20-12-. The second-order valence-corrected chi connectivity index (χ2v) is 8.60. The number of thioether (sulfide) groups is 1. The summed E-state index contributed by atoms with van der Waals surface area (Å²) in [5, 5.41) is 22.8. The van der Waals surface area contributed by atoms with Crippen molar-refractivity contribution >= 4 is 28.9 Å². The third-order valence-electron chi connectivity index (χ3n) is 4.59. The molecule has 0 spiro atoms. The molecule has 1 heterocycles. The topological polar surface area (TPSA) is 98.0 Å². The normalized spacial score (nSPS) is 14.9. The van der Waals surface area contributed by atoms with Crippen LogP contribution in [0.25, 0.3) is 6.08 Å². The molecule has 34 heavy (non-hydrogen) atoms. The van der Waals surface area contributed by atoms with Gasteiger partial charge in [0.2, 0.25) is 0 Å². The Morgan fingerprint density at radius 1 is 1.24 bits per heavy atom. The third kappa shape index (κ3) is 6.52. The molecule has 0 fully saturated rings. The maximum atomic E-state index is 13.3. The molecule has 3 rings (SSSR count). The lowest BCUT2D eigenvalue weighted by Gasteiger charge is -2.15. The lowest BCUT2D eigenvalue weighted by atomic mass is 10.1. The minimum absolute atomic E-state index is 0.168. The van der Waals surface area contributed by atoms with Gasteiger partial charge in [0.25, 0.3) is 5.91 Å². The van der Waals surface area contributed by atoms with Crippen molar-refractivity contribution in [2.45, 2.75) is 12.6 Å². The number of rotatable bonds is 7. The van der Waals surface area contributed by atoms with Crippen LogP contribution in [0.5, 0.6) is 17.2 Å². The maximum absolute atomic E-state index is 13.3. The molecule has 1 amide bonds. The molecule has 0 saturated carbocycles. The Kier molecular flexibility index (Phi) is 7.86. The van der Waals surface area contributed by atoms with Gasteiger partial charge in [-0.05, 0) is 80.8 Å². The molecule has 2 aromatic rings. The van der Waals surface area contributed by atoms with Gasteiger partial charge >= 0.3 is 6.18 Å². The average molecular weight is 491 g/mol. The van der Waals surface area contributed by atoms with Gasteiger partial charge < -0.3 is 20.1 Å². The van der Waals surface area contributed by atoms with Gasteiger partial charge in [-0.15, -0.1) is 0 Å². The molecule has 0 bridgehead atoms. The summed E-state index contributed by atoms with van der Waals surface area (Å²) < 4.78 is 45.3. The Morgan fingerprint density at radius 2 is 1.97 bits per heavy atom. The van der Waals surface area contributed by atoms with Gasteiger partial charge in [0.05, 0.1) is 22.1 Å². The van der Waals surface area contributed by atoms with E-state index < -0.39 is 29.1 Å². The zero-order chi connectivity index (χ0) is 24.9. The Balaban J connectivity index is 1.72. The number of hydrogen-bond acceptors (Lipinski definition) is 7. The van der Waals surface area contributed by atoms with E-state index in [0.717, 1.165) is 19.0 Å². The fourth-order valence-electron chi connectivity index (χ4n) is 2.97. The van der Waals surface area contributed by atoms with Crippen LogP contribution in [0.4, 0.5) is 13.2 Å². The number of benzene rings is 2. The molecule has 2 aromatic carbocycles. The fourth-order valence-corrected chi connectivity index (χ4v) is 3.80. The number of carbonyl (C=O) groups excluding carboxylic acids is 1. The van der Waals surface area contributed by atoms with Crippen LogP contribution in [0.3, 0.4) is 0 Å². The summed E-state index contributed by atoms with van der Waals surface area (Å²) >= 11 is 1.17. The van der Waals surface area contributed by atoms with E-state index in [1.165, 1.54) is 42.1 Å². The quantitative estimate of drug-likeness (QED) is 0.433. The lowest BCUT2D eigenvalue weighted by molar-refractivity contribution is -0.138. The number of amides is 1. The molecule has 0 atom stereocenters. The average Bonchev–Trinajstić information content (AvgIpc) is 3.11. The second-order valence-electron chi connectivity index (χ2n) is 7.57. The van der Waals surface area contributed by atoms with Crippen molar-refractivity contribution in [2.24, 2.45) is 4.99 Å². The zero-order valence-electron chi connectivity index (χ0n) is 18.3. The van der Waals surface area contributed by atoms with Crippen molar-refractivity contribution in [1.82, 2.24) is 10.2 Å². The Labute approximate surface area is 198 Å². The number of carbonyl (C=O) groups is 1. The number of aromatic hydroxyl groups is 1. The van der Waals surface area contributed by atoms with E-state index >= 15 is 0 Å². The van der Waals surface area contributed by atoms with Crippen LogP contribution in [0.15, 0.2) is 46.3 Å². The van der Waals surface area contributed by atoms with E-state index in [-0.39, 0.29) is 11.3 Å². The minimum atomic E-state index is -4.75. The van der Waals surface area contributed by atoms with Gasteiger partial charge in [-0.25, -0.2) is 0 Å². The summed E-state index contributed by atoms with van der Waals surface area (Å²) in [7, 11) is 3.94. The van der Waals surface area contributed by atoms with Crippen LogP contribution in [-0.2, 0) is 11.0 Å². The number of nitrogens with zero attached hydrogens (tertiary/aromatic N) is 3. The maximum Gasteiger partial charge on any atom is 0.420 e. The van der Waals surface area contributed by atoms with Crippen molar-refractivity contribution in [1.29, 1.82) is 5.26 Å². The van der Waals surface area contributed by atoms with E-state index in [4.69, 9.17) is 10.00 Å². The molecule has 7 nitrogen and oxygen atoms in total. The van der Waals surface area contributed by atoms with Crippen LogP contribution in [-0.4, -0.2) is 48.3 Å². The lowest BCUT2D eigenvalue weighted by Crippen LogP contribution is -2.24. The number of amidine groups is 1. The predicted molar refractivity (Wildman–Crippen MR) is 124 cm³/mol. The number of alkyl halides is 3. The predicted octanol–water partition coefficient (Wildman–Crippen LogP) is 4.59. The number of nitrogens with one attached hydrogen (secondary N) is 1. The van der Waals surface area contributed by atoms with E-state index in [9.17, 15) is 23.1 Å². The SMILES string of the molecule is CN(C)CCCNC1=NC(=O)/C(=C/c2ccc(Oc3ccc(C#N)cc3C(F)(F)F)c(O)c2)S1. The number of aliphatic imine (C=N–C) groups is 1. The van der Waals surface area contributed by atoms with E-state index in [1.54, 1.807) is 6.07 Å². The molecule has 1 aliphatic rings. The highest BCUT2D eigenvalue weighted by Crippen LogP contribution is 2.41. The van der Waals surface area contributed by atoms with Gasteiger partial charge in [0.1, 0.15) is 5.75 Å². The molecule has 0 unspecified atom stereocenters. The van der Waals surface area contributed by atoms with Crippen molar-refractivity contribution in [3.63, 3.8) is 0 Å². The Morgan fingerprint density at radius 3 is 2.62 bits per heavy atom.